The van der Waals surface area contributed by atoms with Crippen molar-refractivity contribution in [3.8, 4) is 0 Å². The van der Waals surface area contributed by atoms with E-state index >= 15 is 0 Å². The van der Waals surface area contributed by atoms with E-state index in [9.17, 15) is 14.0 Å². The van der Waals surface area contributed by atoms with Crippen LogP contribution in [0.5, 0.6) is 0 Å². The number of rotatable bonds is 7. The number of hydrogen-bond acceptors (Lipinski definition) is 3. The molecule has 1 fully saturated rings. The SMILES string of the molecule is COCCCNC(=O)CN1CCN(c2ccccc2F)C1=O. The van der Waals surface area contributed by atoms with E-state index in [0.29, 0.717) is 26.2 Å². The molecular weight excluding hydrogens is 289 g/mol. The summed E-state index contributed by atoms with van der Waals surface area (Å²) in [5.41, 5.74) is 0.246. The zero-order valence-electron chi connectivity index (χ0n) is 12.5. The number of nitrogens with zero attached hydrogens (tertiary/aromatic N) is 2. The Bertz CT molecular complexity index is 539. The molecule has 120 valence electrons. The van der Waals surface area contributed by atoms with E-state index in [-0.39, 0.29) is 24.2 Å². The number of nitrogens with one attached hydrogen (secondary N) is 1. The first-order valence-corrected chi connectivity index (χ1v) is 7.20. The second-order valence-electron chi connectivity index (χ2n) is 5.00. The molecule has 1 aromatic rings. The molecule has 0 unspecified atom stereocenters. The standard InChI is InChI=1S/C15H20FN3O3/c1-22-10-4-7-17-14(20)11-18-8-9-19(15(18)21)13-6-3-2-5-12(13)16/h2-3,5-6H,4,7-11H2,1H3,(H,17,20). The molecule has 0 atom stereocenters. The van der Waals surface area contributed by atoms with Crippen LogP contribution in [0.4, 0.5) is 14.9 Å². The summed E-state index contributed by atoms with van der Waals surface area (Å²) in [7, 11) is 1.60. The molecule has 1 aromatic carbocycles. The van der Waals surface area contributed by atoms with E-state index < -0.39 is 5.82 Å². The third kappa shape index (κ3) is 3.94. The molecule has 1 aliphatic rings. The predicted molar refractivity (Wildman–Crippen MR) is 80.2 cm³/mol. The molecule has 1 N–H and O–H groups in total. The van der Waals surface area contributed by atoms with E-state index in [4.69, 9.17) is 4.74 Å². The van der Waals surface area contributed by atoms with Crippen molar-refractivity contribution in [3.63, 3.8) is 0 Å². The van der Waals surface area contributed by atoms with E-state index in [1.54, 1.807) is 25.3 Å². The van der Waals surface area contributed by atoms with Crippen molar-refractivity contribution in [3.05, 3.63) is 30.1 Å². The van der Waals surface area contributed by atoms with Gasteiger partial charge in [-0.1, -0.05) is 12.1 Å². The highest BCUT2D eigenvalue weighted by atomic mass is 19.1. The van der Waals surface area contributed by atoms with Gasteiger partial charge in [0.15, 0.2) is 0 Å². The van der Waals surface area contributed by atoms with Gasteiger partial charge < -0.3 is 15.0 Å². The highest BCUT2D eigenvalue weighted by Gasteiger charge is 2.31. The van der Waals surface area contributed by atoms with Gasteiger partial charge in [-0.05, 0) is 18.6 Å². The summed E-state index contributed by atoms with van der Waals surface area (Å²) in [5, 5.41) is 2.73. The Kier molecular flexibility index (Phi) is 5.71. The average molecular weight is 309 g/mol. The summed E-state index contributed by atoms with van der Waals surface area (Å²) in [6.07, 6.45) is 0.720. The van der Waals surface area contributed by atoms with Crippen molar-refractivity contribution < 1.29 is 18.7 Å². The van der Waals surface area contributed by atoms with Crippen LogP contribution in [0, 0.1) is 5.82 Å². The van der Waals surface area contributed by atoms with Crippen molar-refractivity contribution in [2.24, 2.45) is 0 Å². The number of halogens is 1. The molecule has 0 saturated carbocycles. The Labute approximate surface area is 128 Å². The molecule has 0 aliphatic carbocycles. The zero-order valence-corrected chi connectivity index (χ0v) is 12.5. The maximum Gasteiger partial charge on any atom is 0.325 e. The Hall–Kier alpha value is -2.15. The topological polar surface area (TPSA) is 61.9 Å². The molecule has 0 bridgehead atoms. The van der Waals surface area contributed by atoms with Crippen molar-refractivity contribution in [1.82, 2.24) is 10.2 Å². The normalized spacial score (nSPS) is 14.5. The van der Waals surface area contributed by atoms with Gasteiger partial charge in [-0.25, -0.2) is 9.18 Å². The van der Waals surface area contributed by atoms with Crippen molar-refractivity contribution >= 4 is 17.6 Å². The minimum Gasteiger partial charge on any atom is -0.385 e. The smallest absolute Gasteiger partial charge is 0.325 e. The number of ether oxygens (including phenoxy) is 1. The van der Waals surface area contributed by atoms with E-state index in [0.717, 1.165) is 6.42 Å². The van der Waals surface area contributed by atoms with Crippen LogP contribution in [0.1, 0.15) is 6.42 Å². The van der Waals surface area contributed by atoms with Crippen LogP contribution >= 0.6 is 0 Å². The molecule has 22 heavy (non-hydrogen) atoms. The van der Waals surface area contributed by atoms with E-state index in [1.165, 1.54) is 15.9 Å². The second-order valence-corrected chi connectivity index (χ2v) is 5.00. The maximum atomic E-state index is 13.7. The van der Waals surface area contributed by atoms with Crippen LogP contribution in [-0.2, 0) is 9.53 Å². The Morgan fingerprint density at radius 2 is 2.14 bits per heavy atom. The van der Waals surface area contributed by atoms with Gasteiger partial charge in [-0.15, -0.1) is 0 Å². The molecule has 2 rings (SSSR count). The molecule has 1 heterocycles. The summed E-state index contributed by atoms with van der Waals surface area (Å²) < 4.78 is 18.6. The maximum absolute atomic E-state index is 13.7. The van der Waals surface area contributed by atoms with Gasteiger partial charge in [-0.2, -0.15) is 0 Å². The summed E-state index contributed by atoms with van der Waals surface area (Å²) in [6.45, 7) is 1.84. The number of amides is 3. The third-order valence-electron chi connectivity index (χ3n) is 3.42. The monoisotopic (exact) mass is 309 g/mol. The fourth-order valence-electron chi connectivity index (χ4n) is 2.30. The minimum atomic E-state index is -0.443. The number of carbonyl (C=O) groups is 2. The number of para-hydroxylation sites is 1. The first-order chi connectivity index (χ1) is 10.6. The average Bonchev–Trinajstić information content (AvgIpc) is 2.85. The number of benzene rings is 1. The molecule has 0 radical (unpaired) electrons. The van der Waals surface area contributed by atoms with Crippen molar-refractivity contribution in [2.75, 3.05) is 44.8 Å². The molecule has 1 aliphatic heterocycles. The number of anilines is 1. The first-order valence-electron chi connectivity index (χ1n) is 7.20. The van der Waals surface area contributed by atoms with Crippen LogP contribution in [0.2, 0.25) is 0 Å². The molecule has 0 spiro atoms. The molecule has 6 nitrogen and oxygen atoms in total. The van der Waals surface area contributed by atoms with Gasteiger partial charge in [0.25, 0.3) is 0 Å². The summed E-state index contributed by atoms with van der Waals surface area (Å²) >= 11 is 0. The highest BCUT2D eigenvalue weighted by molar-refractivity contribution is 5.96. The fourth-order valence-corrected chi connectivity index (χ4v) is 2.30. The molecule has 1 saturated heterocycles. The van der Waals surface area contributed by atoms with E-state index in [2.05, 4.69) is 5.32 Å². The Morgan fingerprint density at radius 3 is 2.86 bits per heavy atom. The molecule has 3 amide bonds. The molecule has 0 aromatic heterocycles. The highest BCUT2D eigenvalue weighted by Crippen LogP contribution is 2.23. The Balaban J connectivity index is 1.86. The van der Waals surface area contributed by atoms with Crippen molar-refractivity contribution in [1.29, 1.82) is 0 Å². The van der Waals surface area contributed by atoms with Crippen LogP contribution in [0.3, 0.4) is 0 Å². The summed E-state index contributed by atoms with van der Waals surface area (Å²) in [4.78, 5) is 26.8. The number of hydrogen-bond donors (Lipinski definition) is 1. The van der Waals surface area contributed by atoms with Crippen LogP contribution in [0.25, 0.3) is 0 Å². The van der Waals surface area contributed by atoms with Crippen LogP contribution < -0.4 is 10.2 Å². The fraction of sp³-hybridized carbons (Fsp3) is 0.467. The largest absolute Gasteiger partial charge is 0.385 e. The number of urea groups is 1. The lowest BCUT2D eigenvalue weighted by atomic mass is 10.3. The predicted octanol–water partition coefficient (Wildman–Crippen LogP) is 1.22. The first kappa shape index (κ1) is 16.2. The van der Waals surface area contributed by atoms with Crippen LogP contribution in [-0.4, -0.2) is 56.7 Å². The van der Waals surface area contributed by atoms with Crippen molar-refractivity contribution in [2.45, 2.75) is 6.42 Å². The quantitative estimate of drug-likeness (QED) is 0.770. The van der Waals surface area contributed by atoms with Gasteiger partial charge in [0, 0.05) is 33.4 Å². The lowest BCUT2D eigenvalue weighted by Crippen LogP contribution is -2.40. The zero-order chi connectivity index (χ0) is 15.9. The van der Waals surface area contributed by atoms with Gasteiger partial charge >= 0.3 is 6.03 Å². The van der Waals surface area contributed by atoms with Gasteiger partial charge in [0.2, 0.25) is 5.91 Å². The summed E-state index contributed by atoms with van der Waals surface area (Å²) in [5.74, 6) is -0.665. The minimum absolute atomic E-state index is 0.0171. The number of carbonyl (C=O) groups excluding carboxylic acids is 2. The molecular formula is C15H20FN3O3. The van der Waals surface area contributed by atoms with Gasteiger partial charge in [0.1, 0.15) is 12.4 Å². The van der Waals surface area contributed by atoms with Crippen LogP contribution in [0.15, 0.2) is 24.3 Å². The van der Waals surface area contributed by atoms with Gasteiger partial charge in [-0.3, -0.25) is 9.69 Å². The van der Waals surface area contributed by atoms with E-state index in [1.807, 2.05) is 0 Å². The lowest BCUT2D eigenvalue weighted by molar-refractivity contribution is -0.121. The Morgan fingerprint density at radius 1 is 1.36 bits per heavy atom. The lowest BCUT2D eigenvalue weighted by Gasteiger charge is -2.18. The second kappa shape index (κ2) is 7.74. The van der Waals surface area contributed by atoms with Gasteiger partial charge in [0.05, 0.1) is 5.69 Å². The number of methoxy groups -OCH3 is 1. The summed E-state index contributed by atoms with van der Waals surface area (Å²) in [6, 6.07) is 5.77. The molecule has 7 heteroatoms. The third-order valence-corrected chi connectivity index (χ3v) is 3.42.